The third-order valence-electron chi connectivity index (χ3n) is 3.42. The van der Waals surface area contributed by atoms with Crippen molar-refractivity contribution in [2.45, 2.75) is 65.6 Å². The first-order chi connectivity index (χ1) is 9.31. The number of carbonyl (C=O) groups is 2. The summed E-state index contributed by atoms with van der Waals surface area (Å²) in [6.45, 7) is 11.0. The van der Waals surface area contributed by atoms with E-state index in [1.165, 1.54) is 0 Å². The summed E-state index contributed by atoms with van der Waals surface area (Å²) in [5.74, 6) is 0.347. The maximum Gasteiger partial charge on any atom is 0.245 e. The number of carbonyl (C=O) groups excluding carboxylic acids is 2. The Morgan fingerprint density at radius 1 is 1.30 bits per heavy atom. The molecular formula is C15H28N2O3. The van der Waals surface area contributed by atoms with E-state index in [9.17, 15) is 9.59 Å². The summed E-state index contributed by atoms with van der Waals surface area (Å²) in [6, 6.07) is -0.470. The van der Waals surface area contributed by atoms with Gasteiger partial charge in [-0.3, -0.25) is 9.59 Å². The average molecular weight is 284 g/mol. The third-order valence-corrected chi connectivity index (χ3v) is 3.42. The van der Waals surface area contributed by atoms with Crippen LogP contribution in [-0.2, 0) is 14.3 Å². The quantitative estimate of drug-likeness (QED) is 0.805. The zero-order valence-electron chi connectivity index (χ0n) is 13.3. The third kappa shape index (κ3) is 5.12. The lowest BCUT2D eigenvalue weighted by Gasteiger charge is -2.29. The summed E-state index contributed by atoms with van der Waals surface area (Å²) in [7, 11) is 0. The lowest BCUT2D eigenvalue weighted by molar-refractivity contribution is -0.136. The Labute approximate surface area is 122 Å². The zero-order valence-corrected chi connectivity index (χ0v) is 13.3. The second-order valence-electron chi connectivity index (χ2n) is 6.25. The molecule has 1 rings (SSSR count). The molecule has 1 saturated heterocycles. The highest BCUT2D eigenvalue weighted by atomic mass is 16.5. The van der Waals surface area contributed by atoms with Gasteiger partial charge in [-0.2, -0.15) is 0 Å². The molecule has 0 spiro atoms. The van der Waals surface area contributed by atoms with Crippen molar-refractivity contribution in [3.05, 3.63) is 0 Å². The van der Waals surface area contributed by atoms with Crippen LogP contribution in [0.15, 0.2) is 0 Å². The van der Waals surface area contributed by atoms with Gasteiger partial charge in [-0.1, -0.05) is 13.8 Å². The van der Waals surface area contributed by atoms with Crippen LogP contribution in [0.5, 0.6) is 0 Å². The number of amides is 2. The molecule has 1 aliphatic heterocycles. The largest absolute Gasteiger partial charge is 0.377 e. The van der Waals surface area contributed by atoms with Crippen LogP contribution in [0.25, 0.3) is 0 Å². The molecule has 0 bridgehead atoms. The number of ether oxygens (including phenoxy) is 1. The standard InChI is InChI=1S/C15H28N2O3/c1-10(2)8-13-15(19)17(6-7-20-11(3)4)12(5)9-14(18)16-13/h10-13H,6-9H2,1-5H3,(H,16,18). The number of hydrogen-bond donors (Lipinski definition) is 1. The van der Waals surface area contributed by atoms with Crippen molar-refractivity contribution in [3.63, 3.8) is 0 Å². The van der Waals surface area contributed by atoms with Gasteiger partial charge in [0.2, 0.25) is 11.8 Å². The minimum atomic E-state index is -0.397. The second kappa shape index (κ2) is 7.62. The Kier molecular flexibility index (Phi) is 6.46. The first kappa shape index (κ1) is 17.0. The van der Waals surface area contributed by atoms with E-state index in [0.29, 0.717) is 31.9 Å². The Morgan fingerprint density at radius 2 is 1.95 bits per heavy atom. The lowest BCUT2D eigenvalue weighted by Crippen LogP contribution is -2.48. The molecule has 1 N–H and O–H groups in total. The van der Waals surface area contributed by atoms with Crippen molar-refractivity contribution < 1.29 is 14.3 Å². The molecule has 1 heterocycles. The van der Waals surface area contributed by atoms with Gasteiger partial charge in [0.1, 0.15) is 6.04 Å². The number of hydrogen-bond acceptors (Lipinski definition) is 3. The van der Waals surface area contributed by atoms with Gasteiger partial charge in [-0.05, 0) is 33.1 Å². The van der Waals surface area contributed by atoms with Crippen molar-refractivity contribution in [2.24, 2.45) is 5.92 Å². The van der Waals surface area contributed by atoms with Crippen LogP contribution in [0.4, 0.5) is 0 Å². The van der Waals surface area contributed by atoms with Crippen LogP contribution in [0.2, 0.25) is 0 Å². The molecule has 2 amide bonds. The maximum atomic E-state index is 12.6. The molecule has 0 aromatic rings. The van der Waals surface area contributed by atoms with E-state index in [4.69, 9.17) is 4.74 Å². The Hall–Kier alpha value is -1.10. The van der Waals surface area contributed by atoms with Gasteiger partial charge < -0.3 is 15.0 Å². The molecule has 5 nitrogen and oxygen atoms in total. The monoisotopic (exact) mass is 284 g/mol. The Bertz CT molecular complexity index is 342. The summed E-state index contributed by atoms with van der Waals surface area (Å²) in [5, 5.41) is 2.85. The second-order valence-corrected chi connectivity index (χ2v) is 6.25. The minimum absolute atomic E-state index is 0.0180. The molecule has 20 heavy (non-hydrogen) atoms. The van der Waals surface area contributed by atoms with Crippen molar-refractivity contribution in [1.29, 1.82) is 0 Å². The van der Waals surface area contributed by atoms with Crippen LogP contribution in [-0.4, -0.2) is 48.1 Å². The summed E-state index contributed by atoms with van der Waals surface area (Å²) in [5.41, 5.74) is 0. The van der Waals surface area contributed by atoms with E-state index in [-0.39, 0.29) is 24.0 Å². The van der Waals surface area contributed by atoms with Crippen LogP contribution >= 0.6 is 0 Å². The Morgan fingerprint density at radius 3 is 2.50 bits per heavy atom. The van der Waals surface area contributed by atoms with Gasteiger partial charge in [-0.25, -0.2) is 0 Å². The lowest BCUT2D eigenvalue weighted by atomic mass is 10.0. The van der Waals surface area contributed by atoms with Crippen molar-refractivity contribution >= 4 is 11.8 Å². The normalized spacial score (nSPS) is 24.2. The predicted octanol–water partition coefficient (Wildman–Crippen LogP) is 1.56. The van der Waals surface area contributed by atoms with E-state index in [1.807, 2.05) is 20.8 Å². The van der Waals surface area contributed by atoms with Crippen LogP contribution in [0, 0.1) is 5.92 Å². The van der Waals surface area contributed by atoms with Crippen LogP contribution in [0.3, 0.4) is 0 Å². The number of nitrogens with one attached hydrogen (secondary N) is 1. The van der Waals surface area contributed by atoms with Crippen molar-refractivity contribution in [2.75, 3.05) is 13.2 Å². The van der Waals surface area contributed by atoms with Gasteiger partial charge in [0.05, 0.1) is 12.7 Å². The SMILES string of the molecule is CC(C)CC1NC(=O)CC(C)N(CCOC(C)C)C1=O. The molecule has 0 radical (unpaired) electrons. The first-order valence-electron chi connectivity index (χ1n) is 7.52. The van der Waals surface area contributed by atoms with Gasteiger partial charge in [-0.15, -0.1) is 0 Å². The molecule has 116 valence electrons. The molecule has 2 atom stereocenters. The molecule has 0 aromatic heterocycles. The maximum absolute atomic E-state index is 12.6. The predicted molar refractivity (Wildman–Crippen MR) is 78.3 cm³/mol. The van der Waals surface area contributed by atoms with E-state index >= 15 is 0 Å². The molecule has 1 fully saturated rings. The smallest absolute Gasteiger partial charge is 0.245 e. The fraction of sp³-hybridized carbons (Fsp3) is 0.867. The summed E-state index contributed by atoms with van der Waals surface area (Å²) >= 11 is 0. The van der Waals surface area contributed by atoms with Crippen molar-refractivity contribution in [1.82, 2.24) is 10.2 Å². The first-order valence-corrected chi connectivity index (χ1v) is 7.52. The molecule has 0 aromatic carbocycles. The molecule has 5 heteroatoms. The minimum Gasteiger partial charge on any atom is -0.377 e. The molecular weight excluding hydrogens is 256 g/mol. The number of nitrogens with zero attached hydrogens (tertiary/aromatic N) is 1. The zero-order chi connectivity index (χ0) is 15.3. The van der Waals surface area contributed by atoms with E-state index in [0.717, 1.165) is 0 Å². The molecule has 0 saturated carbocycles. The fourth-order valence-corrected chi connectivity index (χ4v) is 2.46. The Balaban J connectivity index is 2.72. The van der Waals surface area contributed by atoms with Gasteiger partial charge in [0.25, 0.3) is 0 Å². The van der Waals surface area contributed by atoms with E-state index in [1.54, 1.807) is 4.90 Å². The highest BCUT2D eigenvalue weighted by molar-refractivity contribution is 5.90. The topological polar surface area (TPSA) is 58.6 Å². The van der Waals surface area contributed by atoms with Gasteiger partial charge in [0.15, 0.2) is 0 Å². The summed E-state index contributed by atoms with van der Waals surface area (Å²) in [6.07, 6.45) is 1.19. The summed E-state index contributed by atoms with van der Waals surface area (Å²) in [4.78, 5) is 26.2. The van der Waals surface area contributed by atoms with Crippen LogP contribution in [0.1, 0.15) is 47.5 Å². The summed E-state index contributed by atoms with van der Waals surface area (Å²) < 4.78 is 5.53. The van der Waals surface area contributed by atoms with Gasteiger partial charge >= 0.3 is 0 Å². The van der Waals surface area contributed by atoms with E-state index in [2.05, 4.69) is 19.2 Å². The van der Waals surface area contributed by atoms with Crippen molar-refractivity contribution in [3.8, 4) is 0 Å². The highest BCUT2D eigenvalue weighted by Crippen LogP contribution is 2.16. The van der Waals surface area contributed by atoms with E-state index < -0.39 is 6.04 Å². The highest BCUT2D eigenvalue weighted by Gasteiger charge is 2.33. The molecule has 0 aliphatic carbocycles. The van der Waals surface area contributed by atoms with Gasteiger partial charge in [0, 0.05) is 19.0 Å². The fourth-order valence-electron chi connectivity index (χ4n) is 2.46. The molecule has 2 unspecified atom stereocenters. The number of rotatable bonds is 6. The van der Waals surface area contributed by atoms with Crippen LogP contribution < -0.4 is 5.32 Å². The average Bonchev–Trinajstić information content (AvgIpc) is 2.39. The molecule has 1 aliphatic rings.